The fourth-order valence-electron chi connectivity index (χ4n) is 2.68. The number of amides is 1. The molecular formula is C14H19N3O4. The maximum Gasteiger partial charge on any atom is 0.270 e. The number of nitro groups is 1. The molecule has 3 N–H and O–H groups in total. The number of likely N-dealkylation sites (tertiary alicyclic amines) is 1. The molecule has 2 rings (SSSR count). The summed E-state index contributed by atoms with van der Waals surface area (Å²) in [6, 6.07) is 3.91. The Balaban J connectivity index is 2.19. The Morgan fingerprint density at radius 2 is 2.29 bits per heavy atom. The number of carbonyl (C=O) groups is 1. The highest BCUT2D eigenvalue weighted by Crippen LogP contribution is 2.25. The van der Waals surface area contributed by atoms with E-state index in [9.17, 15) is 14.9 Å². The van der Waals surface area contributed by atoms with E-state index in [0.717, 1.165) is 12.8 Å². The van der Waals surface area contributed by atoms with Crippen LogP contribution in [0, 0.1) is 16.0 Å². The molecule has 0 aliphatic carbocycles. The number of rotatable bonds is 4. The lowest BCUT2D eigenvalue weighted by Gasteiger charge is -2.32. The molecule has 1 heterocycles. The SMILES string of the molecule is Nc1ccc([N+](=O)[O-])cc1C(=O)N1CCCC(CCO)C1. The molecule has 1 aliphatic heterocycles. The molecule has 1 amide bonds. The zero-order chi connectivity index (χ0) is 15.4. The highest BCUT2D eigenvalue weighted by molar-refractivity contribution is 5.99. The van der Waals surface area contributed by atoms with Crippen molar-refractivity contribution in [1.82, 2.24) is 4.90 Å². The average molecular weight is 293 g/mol. The summed E-state index contributed by atoms with van der Waals surface area (Å²) in [5.74, 6) is -0.00791. The summed E-state index contributed by atoms with van der Waals surface area (Å²) < 4.78 is 0. The number of benzene rings is 1. The molecule has 1 aromatic carbocycles. The summed E-state index contributed by atoms with van der Waals surface area (Å²) in [7, 11) is 0. The number of nitrogens with zero attached hydrogens (tertiary/aromatic N) is 2. The second kappa shape index (κ2) is 6.53. The van der Waals surface area contributed by atoms with Gasteiger partial charge in [-0.25, -0.2) is 0 Å². The quantitative estimate of drug-likeness (QED) is 0.495. The molecular weight excluding hydrogens is 274 g/mol. The third kappa shape index (κ3) is 3.49. The summed E-state index contributed by atoms with van der Waals surface area (Å²) in [5.41, 5.74) is 6.06. The van der Waals surface area contributed by atoms with E-state index in [0.29, 0.717) is 19.5 Å². The molecule has 0 saturated carbocycles. The first kappa shape index (κ1) is 15.2. The number of nitrogens with two attached hydrogens (primary N) is 1. The van der Waals surface area contributed by atoms with Crippen LogP contribution in [-0.2, 0) is 0 Å². The van der Waals surface area contributed by atoms with Gasteiger partial charge in [0.25, 0.3) is 11.6 Å². The summed E-state index contributed by atoms with van der Waals surface area (Å²) in [5, 5.41) is 19.8. The number of non-ortho nitro benzene ring substituents is 1. The number of anilines is 1. The standard InChI is InChI=1S/C14H19N3O4/c15-13-4-3-11(17(20)21)8-12(13)14(19)16-6-1-2-10(9-16)5-7-18/h3-4,8,10,18H,1-2,5-7,9,15H2. The van der Waals surface area contributed by atoms with E-state index < -0.39 is 4.92 Å². The van der Waals surface area contributed by atoms with Crippen molar-refractivity contribution < 1.29 is 14.8 Å². The molecule has 0 radical (unpaired) electrons. The van der Waals surface area contributed by atoms with Gasteiger partial charge in [-0.2, -0.15) is 0 Å². The molecule has 114 valence electrons. The summed E-state index contributed by atoms with van der Waals surface area (Å²) >= 11 is 0. The van der Waals surface area contributed by atoms with Crippen LogP contribution in [-0.4, -0.2) is 40.5 Å². The topological polar surface area (TPSA) is 110 Å². The number of piperidine rings is 1. The molecule has 1 aromatic rings. The van der Waals surface area contributed by atoms with Crippen LogP contribution in [0.2, 0.25) is 0 Å². The molecule has 1 unspecified atom stereocenters. The lowest BCUT2D eigenvalue weighted by atomic mass is 9.94. The second-order valence-corrected chi connectivity index (χ2v) is 5.30. The smallest absolute Gasteiger partial charge is 0.270 e. The monoisotopic (exact) mass is 293 g/mol. The normalized spacial score (nSPS) is 18.5. The molecule has 0 bridgehead atoms. The molecule has 1 fully saturated rings. The molecule has 1 atom stereocenters. The van der Waals surface area contributed by atoms with Crippen molar-refractivity contribution in [2.75, 3.05) is 25.4 Å². The van der Waals surface area contributed by atoms with Crippen LogP contribution in [0.5, 0.6) is 0 Å². The molecule has 0 aromatic heterocycles. The van der Waals surface area contributed by atoms with E-state index in [1.807, 2.05) is 0 Å². The Bertz CT molecular complexity index is 545. The lowest BCUT2D eigenvalue weighted by Crippen LogP contribution is -2.40. The van der Waals surface area contributed by atoms with E-state index in [4.69, 9.17) is 10.8 Å². The van der Waals surface area contributed by atoms with Crippen molar-refractivity contribution in [3.8, 4) is 0 Å². The minimum absolute atomic E-state index is 0.103. The van der Waals surface area contributed by atoms with Crippen LogP contribution in [0.15, 0.2) is 18.2 Å². The third-order valence-electron chi connectivity index (χ3n) is 3.82. The van der Waals surface area contributed by atoms with Crippen molar-refractivity contribution in [3.05, 3.63) is 33.9 Å². The van der Waals surface area contributed by atoms with E-state index in [1.165, 1.54) is 18.2 Å². The maximum absolute atomic E-state index is 12.5. The van der Waals surface area contributed by atoms with Crippen LogP contribution in [0.3, 0.4) is 0 Å². The van der Waals surface area contributed by atoms with Crippen LogP contribution in [0.1, 0.15) is 29.6 Å². The van der Waals surface area contributed by atoms with Crippen LogP contribution >= 0.6 is 0 Å². The minimum atomic E-state index is -0.541. The number of nitrogen functional groups attached to an aromatic ring is 1. The molecule has 1 aliphatic rings. The minimum Gasteiger partial charge on any atom is -0.398 e. The van der Waals surface area contributed by atoms with Gasteiger partial charge in [-0.3, -0.25) is 14.9 Å². The predicted octanol–water partition coefficient (Wildman–Crippen LogP) is 1.41. The van der Waals surface area contributed by atoms with Gasteiger partial charge in [0.05, 0.1) is 10.5 Å². The maximum atomic E-state index is 12.5. The van der Waals surface area contributed by atoms with Gasteiger partial charge >= 0.3 is 0 Å². The van der Waals surface area contributed by atoms with Gasteiger partial charge in [-0.05, 0) is 31.2 Å². The highest BCUT2D eigenvalue weighted by atomic mass is 16.6. The van der Waals surface area contributed by atoms with E-state index >= 15 is 0 Å². The van der Waals surface area contributed by atoms with E-state index in [2.05, 4.69) is 0 Å². The summed E-state index contributed by atoms with van der Waals surface area (Å²) in [4.78, 5) is 24.4. The Hall–Kier alpha value is -2.15. The molecule has 1 saturated heterocycles. The summed E-state index contributed by atoms with van der Waals surface area (Å²) in [6.07, 6.45) is 2.51. The van der Waals surface area contributed by atoms with Gasteiger partial charge < -0.3 is 15.7 Å². The van der Waals surface area contributed by atoms with E-state index in [-0.39, 0.29) is 35.4 Å². The van der Waals surface area contributed by atoms with Crippen LogP contribution in [0.25, 0.3) is 0 Å². The van der Waals surface area contributed by atoms with Gasteiger partial charge in [-0.15, -0.1) is 0 Å². The van der Waals surface area contributed by atoms with Crippen molar-refractivity contribution >= 4 is 17.3 Å². The number of aliphatic hydroxyl groups is 1. The van der Waals surface area contributed by atoms with Gasteiger partial charge in [0.1, 0.15) is 0 Å². The van der Waals surface area contributed by atoms with Crippen molar-refractivity contribution in [3.63, 3.8) is 0 Å². The Morgan fingerprint density at radius 1 is 1.52 bits per heavy atom. The van der Waals surface area contributed by atoms with Crippen LogP contribution in [0.4, 0.5) is 11.4 Å². The fourth-order valence-corrected chi connectivity index (χ4v) is 2.68. The van der Waals surface area contributed by atoms with Gasteiger partial charge in [0, 0.05) is 37.5 Å². The molecule has 0 spiro atoms. The Morgan fingerprint density at radius 3 is 2.95 bits per heavy atom. The van der Waals surface area contributed by atoms with Gasteiger partial charge in [0.2, 0.25) is 0 Å². The van der Waals surface area contributed by atoms with E-state index in [1.54, 1.807) is 4.90 Å². The van der Waals surface area contributed by atoms with Crippen molar-refractivity contribution in [1.29, 1.82) is 0 Å². The van der Waals surface area contributed by atoms with Crippen molar-refractivity contribution in [2.24, 2.45) is 5.92 Å². The fraction of sp³-hybridized carbons (Fsp3) is 0.500. The van der Waals surface area contributed by atoms with Crippen LogP contribution < -0.4 is 5.73 Å². The molecule has 7 nitrogen and oxygen atoms in total. The number of hydrogen-bond acceptors (Lipinski definition) is 5. The number of nitro benzene ring substituents is 1. The predicted molar refractivity (Wildman–Crippen MR) is 77.8 cm³/mol. The largest absolute Gasteiger partial charge is 0.398 e. The highest BCUT2D eigenvalue weighted by Gasteiger charge is 2.26. The van der Waals surface area contributed by atoms with Crippen molar-refractivity contribution in [2.45, 2.75) is 19.3 Å². The first-order valence-corrected chi connectivity index (χ1v) is 6.97. The first-order chi connectivity index (χ1) is 10.0. The van der Waals surface area contributed by atoms with Gasteiger partial charge in [-0.1, -0.05) is 0 Å². The molecule has 7 heteroatoms. The Kier molecular flexibility index (Phi) is 4.74. The zero-order valence-corrected chi connectivity index (χ0v) is 11.7. The second-order valence-electron chi connectivity index (χ2n) is 5.30. The average Bonchev–Trinajstić information content (AvgIpc) is 2.47. The van der Waals surface area contributed by atoms with Gasteiger partial charge in [0.15, 0.2) is 0 Å². The number of carbonyl (C=O) groups excluding carboxylic acids is 1. The lowest BCUT2D eigenvalue weighted by molar-refractivity contribution is -0.384. The Labute approximate surface area is 122 Å². The molecule has 21 heavy (non-hydrogen) atoms. The number of aliphatic hydroxyl groups excluding tert-OH is 1. The summed E-state index contributed by atoms with van der Waals surface area (Å²) in [6.45, 7) is 1.27. The third-order valence-corrected chi connectivity index (χ3v) is 3.82. The first-order valence-electron chi connectivity index (χ1n) is 6.97. The number of hydrogen-bond donors (Lipinski definition) is 2. The zero-order valence-electron chi connectivity index (χ0n) is 11.7.